The summed E-state index contributed by atoms with van der Waals surface area (Å²) in [5.41, 5.74) is 0. The minimum atomic E-state index is -0.813. The summed E-state index contributed by atoms with van der Waals surface area (Å²) in [5.74, 6) is -0.995. The molecule has 0 aliphatic rings. The van der Waals surface area contributed by atoms with Crippen LogP contribution in [0.1, 0.15) is 265 Å². The molecule has 0 radical (unpaired) electrons. The van der Waals surface area contributed by atoms with Crippen LogP contribution in [0.25, 0.3) is 0 Å². The van der Waals surface area contributed by atoms with Crippen LogP contribution in [-0.2, 0) is 28.6 Å². The van der Waals surface area contributed by atoms with Crippen LogP contribution >= 0.6 is 0 Å². The zero-order valence-corrected chi connectivity index (χ0v) is 43.9. The van der Waals surface area contributed by atoms with E-state index in [1.807, 2.05) is 54.7 Å². The van der Waals surface area contributed by atoms with Gasteiger partial charge in [0.15, 0.2) is 6.10 Å². The smallest absolute Gasteiger partial charge is 0.306 e. The Balaban J connectivity index is 4.46. The molecule has 0 aliphatic heterocycles. The fourth-order valence-corrected chi connectivity index (χ4v) is 7.76. The number of allylic oxidation sites excluding steroid dienone is 14. The van der Waals surface area contributed by atoms with Gasteiger partial charge in [-0.25, -0.2) is 0 Å². The van der Waals surface area contributed by atoms with Crippen LogP contribution < -0.4 is 0 Å². The molecule has 1 unspecified atom stereocenters. The van der Waals surface area contributed by atoms with E-state index in [-0.39, 0.29) is 37.5 Å². The summed E-state index contributed by atoms with van der Waals surface area (Å²) in [4.78, 5) is 38.1. The Bertz CT molecular complexity index is 1300. The molecule has 1 atom stereocenters. The van der Waals surface area contributed by atoms with Gasteiger partial charge < -0.3 is 14.2 Å². The highest BCUT2D eigenvalue weighted by Gasteiger charge is 2.19. The molecule has 0 aromatic rings. The van der Waals surface area contributed by atoms with E-state index in [1.165, 1.54) is 141 Å². The Morgan fingerprint density at radius 1 is 0.313 bits per heavy atom. The highest BCUT2D eigenvalue weighted by atomic mass is 16.6. The first-order valence-electron chi connectivity index (χ1n) is 28.2. The summed E-state index contributed by atoms with van der Waals surface area (Å²) >= 11 is 0. The van der Waals surface area contributed by atoms with E-state index in [1.54, 1.807) is 0 Å². The molecule has 0 bridgehead atoms. The number of esters is 3. The van der Waals surface area contributed by atoms with Crippen molar-refractivity contribution >= 4 is 17.9 Å². The van der Waals surface area contributed by atoms with E-state index >= 15 is 0 Å². The third-order valence-corrected chi connectivity index (χ3v) is 12.0. The van der Waals surface area contributed by atoms with Crippen molar-refractivity contribution in [1.29, 1.82) is 0 Å². The van der Waals surface area contributed by atoms with Crippen molar-refractivity contribution < 1.29 is 28.6 Å². The molecular formula is C61H104O6. The van der Waals surface area contributed by atoms with Crippen LogP contribution in [0.5, 0.6) is 0 Å². The summed E-state index contributed by atoms with van der Waals surface area (Å²) in [6.07, 6.45) is 71.6. The SMILES string of the molecule is CC\C=C/C=C\C=C/C=C\C=C/CCCC(=O)OCC(COC(=O)CCCCCCC/C=C\CCCCCCCCCCC)OC(=O)CCCCCCC/C=C\CCCCCCCCCCC. The normalized spacial score (nSPS) is 12.7. The number of carbonyl (C=O) groups excluding carboxylic acids is 3. The lowest BCUT2D eigenvalue weighted by Gasteiger charge is -2.18. The largest absolute Gasteiger partial charge is 0.462 e. The number of hydrogen-bond donors (Lipinski definition) is 0. The molecule has 6 heteroatoms. The van der Waals surface area contributed by atoms with Crippen LogP contribution in [0.2, 0.25) is 0 Å². The van der Waals surface area contributed by atoms with Crippen molar-refractivity contribution in [3.63, 3.8) is 0 Å². The van der Waals surface area contributed by atoms with Gasteiger partial charge in [0.2, 0.25) is 0 Å². The van der Waals surface area contributed by atoms with E-state index in [2.05, 4.69) is 51.2 Å². The van der Waals surface area contributed by atoms with Gasteiger partial charge >= 0.3 is 17.9 Å². The van der Waals surface area contributed by atoms with Gasteiger partial charge in [-0.15, -0.1) is 0 Å². The lowest BCUT2D eigenvalue weighted by Crippen LogP contribution is -2.30. The third-order valence-electron chi connectivity index (χ3n) is 12.0. The average Bonchev–Trinajstić information content (AvgIpc) is 3.33. The van der Waals surface area contributed by atoms with E-state index in [0.29, 0.717) is 19.3 Å². The Hall–Kier alpha value is -3.41. The molecule has 67 heavy (non-hydrogen) atoms. The zero-order valence-electron chi connectivity index (χ0n) is 43.9. The van der Waals surface area contributed by atoms with Crippen LogP contribution in [0.15, 0.2) is 85.1 Å². The quantitative estimate of drug-likeness (QED) is 0.0199. The summed E-state index contributed by atoms with van der Waals surface area (Å²) in [6, 6.07) is 0. The number of carbonyl (C=O) groups is 3. The van der Waals surface area contributed by atoms with Gasteiger partial charge in [-0.05, 0) is 83.5 Å². The molecular weight excluding hydrogens is 829 g/mol. The Morgan fingerprint density at radius 3 is 1.00 bits per heavy atom. The topological polar surface area (TPSA) is 78.9 Å². The molecule has 0 fully saturated rings. The first-order valence-corrected chi connectivity index (χ1v) is 28.2. The molecule has 0 N–H and O–H groups in total. The Labute approximate surface area is 414 Å². The van der Waals surface area contributed by atoms with E-state index in [9.17, 15) is 14.4 Å². The maximum atomic E-state index is 12.8. The van der Waals surface area contributed by atoms with Gasteiger partial charge in [-0.2, -0.15) is 0 Å². The van der Waals surface area contributed by atoms with Crippen molar-refractivity contribution in [2.75, 3.05) is 13.2 Å². The van der Waals surface area contributed by atoms with Crippen LogP contribution in [0, 0.1) is 0 Å². The summed E-state index contributed by atoms with van der Waals surface area (Å²) in [6.45, 7) is 6.43. The molecule has 0 aromatic heterocycles. The molecule has 0 saturated heterocycles. The molecule has 0 aromatic carbocycles. The fraction of sp³-hybridized carbons (Fsp3) is 0.721. The Kier molecular flexibility index (Phi) is 52.4. The van der Waals surface area contributed by atoms with Crippen molar-refractivity contribution in [2.45, 2.75) is 271 Å². The maximum absolute atomic E-state index is 12.8. The van der Waals surface area contributed by atoms with E-state index < -0.39 is 6.10 Å². The minimum Gasteiger partial charge on any atom is -0.462 e. The first-order chi connectivity index (χ1) is 33.0. The number of rotatable bonds is 50. The van der Waals surface area contributed by atoms with E-state index in [4.69, 9.17) is 14.2 Å². The number of unbranched alkanes of at least 4 members (excludes halogenated alkanes) is 29. The molecule has 384 valence electrons. The van der Waals surface area contributed by atoms with Crippen LogP contribution in [0.3, 0.4) is 0 Å². The third kappa shape index (κ3) is 53.4. The molecule has 6 nitrogen and oxygen atoms in total. The van der Waals surface area contributed by atoms with Crippen LogP contribution in [0.4, 0.5) is 0 Å². The minimum absolute atomic E-state index is 0.107. The molecule has 0 aliphatic carbocycles. The predicted octanol–water partition coefficient (Wildman–Crippen LogP) is 18.8. The van der Waals surface area contributed by atoms with Gasteiger partial charge in [0.25, 0.3) is 0 Å². The van der Waals surface area contributed by atoms with Gasteiger partial charge in [0, 0.05) is 19.3 Å². The standard InChI is InChI=1S/C61H104O6/c1-4-7-10-13-16-19-22-25-27-29-31-33-36-39-42-45-48-51-54-60(63)66-57-58(56-65-59(62)53-50-47-44-41-38-35-24-21-18-15-12-9-6-3)67-61(64)55-52-49-46-43-40-37-34-32-30-28-26-23-20-17-14-11-8-5-2/h9,12,15,18,21,24,31-35,38,41,44,58H,4-8,10-11,13-14,16-17,19-20,22-23,25-30,36-37,39-40,42-43,45-57H2,1-3H3/b12-9-,18-15-,24-21-,33-31-,34-32-,38-35-,44-41-. The second kappa shape index (κ2) is 55.2. The highest BCUT2D eigenvalue weighted by Crippen LogP contribution is 2.15. The van der Waals surface area contributed by atoms with Gasteiger partial charge in [0.1, 0.15) is 13.2 Å². The lowest BCUT2D eigenvalue weighted by molar-refractivity contribution is -0.167. The van der Waals surface area contributed by atoms with Gasteiger partial charge in [-0.1, -0.05) is 247 Å². The molecule has 0 rings (SSSR count). The molecule has 0 spiro atoms. The second-order valence-corrected chi connectivity index (χ2v) is 18.6. The monoisotopic (exact) mass is 933 g/mol. The zero-order chi connectivity index (χ0) is 48.6. The van der Waals surface area contributed by atoms with Gasteiger partial charge in [-0.3, -0.25) is 14.4 Å². The average molecular weight is 933 g/mol. The summed E-state index contributed by atoms with van der Waals surface area (Å²) < 4.78 is 16.8. The number of hydrogen-bond acceptors (Lipinski definition) is 6. The van der Waals surface area contributed by atoms with E-state index in [0.717, 1.165) is 77.0 Å². The predicted molar refractivity (Wildman–Crippen MR) is 288 cm³/mol. The molecule has 0 amide bonds. The van der Waals surface area contributed by atoms with Gasteiger partial charge in [0.05, 0.1) is 0 Å². The molecule has 0 saturated carbocycles. The van der Waals surface area contributed by atoms with Crippen molar-refractivity contribution in [2.24, 2.45) is 0 Å². The van der Waals surface area contributed by atoms with Crippen molar-refractivity contribution in [3.8, 4) is 0 Å². The second-order valence-electron chi connectivity index (χ2n) is 18.6. The lowest BCUT2D eigenvalue weighted by atomic mass is 10.1. The van der Waals surface area contributed by atoms with Crippen molar-refractivity contribution in [1.82, 2.24) is 0 Å². The molecule has 0 heterocycles. The maximum Gasteiger partial charge on any atom is 0.306 e. The highest BCUT2D eigenvalue weighted by molar-refractivity contribution is 5.71. The summed E-state index contributed by atoms with van der Waals surface area (Å²) in [5, 5.41) is 0. The first kappa shape index (κ1) is 63.6. The Morgan fingerprint density at radius 2 is 0.612 bits per heavy atom. The van der Waals surface area contributed by atoms with Crippen LogP contribution in [-0.4, -0.2) is 37.2 Å². The van der Waals surface area contributed by atoms with Crippen molar-refractivity contribution in [3.05, 3.63) is 85.1 Å². The fourth-order valence-electron chi connectivity index (χ4n) is 7.76. The summed E-state index contributed by atoms with van der Waals surface area (Å²) in [7, 11) is 0. The number of ether oxygens (including phenoxy) is 3.